The van der Waals surface area contributed by atoms with E-state index in [-0.39, 0.29) is 18.1 Å². The number of hydrogen-bond donors (Lipinski definition) is 0. The fourth-order valence-electron chi connectivity index (χ4n) is 13.2. The van der Waals surface area contributed by atoms with Gasteiger partial charge in [-0.05, 0) is 0 Å². The standard InChI is InChI=1S/2C28H37.C12H9Si.2ClH.Zr/c2*1-9-10-20-13-21-11-12-26(28(6,7)8)27(25(21)14-20)24-16-22(18(2)3)15-23(17-24)19(4)5;1-3-7-11-9(5-1)10-6-2-4-8-12(10)13-11;;;/h2*11-19H,9-10H2,1-8H3;1-7H,13H2;2*1H;/q;;;;;+2/p-2. The molecular formula is C68H83Cl2SiZr. The summed E-state index contributed by atoms with van der Waals surface area (Å²) in [5.74, 6) is 1.62. The summed E-state index contributed by atoms with van der Waals surface area (Å²) >= 11 is -5.84. The third-order valence-electron chi connectivity index (χ3n) is 16.9. The van der Waals surface area contributed by atoms with Crippen molar-refractivity contribution in [3.63, 3.8) is 0 Å². The van der Waals surface area contributed by atoms with Gasteiger partial charge in [-0.25, -0.2) is 0 Å². The van der Waals surface area contributed by atoms with E-state index in [9.17, 15) is 17.0 Å². The zero-order valence-corrected chi connectivity index (χ0v) is 52.1. The van der Waals surface area contributed by atoms with E-state index in [0.717, 1.165) is 25.7 Å². The third kappa shape index (κ3) is 9.05. The zero-order valence-electron chi connectivity index (χ0n) is 46.7. The summed E-state index contributed by atoms with van der Waals surface area (Å²) in [4.78, 5) is 0. The SMILES string of the molecule is CCCC1=Cc2c(ccc(C(C)(C)C)c2-c2cc(C(C)C)cc(C(C)C)c2)[CH]1[Zr]([Cl])([Cl])([c]1cccc2c1[SiH2]c1ccccc1-2)[CH]1C(CCC)=Cc2c1ccc(C(C)(C)C)c2-c1cc(C(C)C)cc(C(C)C)c1. The molecule has 2 aliphatic carbocycles. The molecule has 0 N–H and O–H groups in total. The molecule has 0 nitrogen and oxygen atoms in total. The first-order valence-electron chi connectivity index (χ1n) is 27.7. The summed E-state index contributed by atoms with van der Waals surface area (Å²) in [5.41, 5.74) is 24.5. The molecule has 0 amide bonds. The zero-order chi connectivity index (χ0) is 52.0. The Hall–Kier alpha value is -3.52. The Morgan fingerprint density at radius 2 is 0.903 bits per heavy atom. The molecule has 0 bridgehead atoms. The van der Waals surface area contributed by atoms with E-state index >= 15 is 0 Å². The molecule has 0 spiro atoms. The number of allylic oxidation sites excluding steroid dienone is 2. The molecule has 0 radical (unpaired) electrons. The topological polar surface area (TPSA) is 0 Å². The summed E-state index contributed by atoms with van der Waals surface area (Å²) in [7, 11) is 18.5. The molecule has 0 saturated heterocycles. The Balaban J connectivity index is 1.43. The second-order valence-corrected chi connectivity index (χ2v) is 47.9. The van der Waals surface area contributed by atoms with Crippen LogP contribution in [0.4, 0.5) is 0 Å². The minimum atomic E-state index is -5.84. The average Bonchev–Trinajstić information content (AvgIpc) is 4.02. The first-order valence-corrected chi connectivity index (χ1v) is 39.5. The predicted molar refractivity (Wildman–Crippen MR) is 320 cm³/mol. The van der Waals surface area contributed by atoms with E-state index in [0.29, 0.717) is 23.7 Å². The van der Waals surface area contributed by atoms with E-state index in [1.165, 1.54) is 114 Å². The molecule has 4 heteroatoms. The van der Waals surface area contributed by atoms with Gasteiger partial charge in [0.1, 0.15) is 0 Å². The Kier molecular flexibility index (Phi) is 14.5. The van der Waals surface area contributed by atoms with E-state index in [1.54, 1.807) is 0 Å². The van der Waals surface area contributed by atoms with Crippen molar-refractivity contribution in [3.8, 4) is 33.4 Å². The van der Waals surface area contributed by atoms with Gasteiger partial charge in [-0.1, -0.05) is 0 Å². The Labute approximate surface area is 446 Å². The Morgan fingerprint density at radius 3 is 1.29 bits per heavy atom. The van der Waals surface area contributed by atoms with E-state index < -0.39 is 25.9 Å². The number of rotatable bonds is 13. The van der Waals surface area contributed by atoms with Gasteiger partial charge in [0.2, 0.25) is 0 Å². The van der Waals surface area contributed by atoms with Gasteiger partial charge in [-0.3, -0.25) is 0 Å². The number of benzene rings is 6. The van der Waals surface area contributed by atoms with Crippen LogP contribution in [0.15, 0.2) is 114 Å². The molecular weight excluding hydrogens is 1010 g/mol. The summed E-state index contributed by atoms with van der Waals surface area (Å²) in [5, 5.41) is 2.99. The molecule has 0 saturated carbocycles. The summed E-state index contributed by atoms with van der Waals surface area (Å²) in [6.45, 7) is 37.8. The molecule has 2 unspecified atom stereocenters. The second kappa shape index (κ2) is 19.6. The summed E-state index contributed by atoms with van der Waals surface area (Å²) in [6.07, 6.45) is 9.18. The van der Waals surface area contributed by atoms with Crippen molar-refractivity contribution in [1.29, 1.82) is 0 Å². The van der Waals surface area contributed by atoms with E-state index in [2.05, 4.69) is 226 Å². The average molecular weight is 1090 g/mol. The van der Waals surface area contributed by atoms with Crippen LogP contribution >= 0.6 is 17.0 Å². The summed E-state index contributed by atoms with van der Waals surface area (Å²) < 4.78 is 1.06. The minimum absolute atomic E-state index is 0.102. The van der Waals surface area contributed by atoms with Crippen LogP contribution in [0.25, 0.3) is 45.5 Å². The first kappa shape index (κ1) is 53.3. The van der Waals surface area contributed by atoms with Crippen LogP contribution in [0.5, 0.6) is 0 Å². The maximum atomic E-state index is 9.71. The third-order valence-corrected chi connectivity index (χ3v) is 39.7. The van der Waals surface area contributed by atoms with Crippen LogP contribution in [0.2, 0.25) is 0 Å². The summed E-state index contributed by atoms with van der Waals surface area (Å²) in [6, 6.07) is 41.2. The molecule has 9 rings (SSSR count). The van der Waals surface area contributed by atoms with Crippen molar-refractivity contribution < 1.29 is 16.4 Å². The van der Waals surface area contributed by atoms with Crippen molar-refractivity contribution in [2.24, 2.45) is 0 Å². The van der Waals surface area contributed by atoms with Gasteiger partial charge in [0.15, 0.2) is 0 Å². The molecule has 6 aromatic carbocycles. The normalized spacial score (nSPS) is 17.4. The van der Waals surface area contributed by atoms with Crippen LogP contribution < -0.4 is 13.6 Å². The quantitative estimate of drug-likeness (QED) is 0.101. The van der Waals surface area contributed by atoms with Gasteiger partial charge in [-0.2, -0.15) is 0 Å². The van der Waals surface area contributed by atoms with Crippen LogP contribution in [-0.4, -0.2) is 9.52 Å². The molecule has 3 aliphatic rings. The Bertz CT molecular complexity index is 2950. The Morgan fingerprint density at radius 1 is 0.500 bits per heavy atom. The monoisotopic (exact) mass is 1090 g/mol. The molecule has 377 valence electrons. The van der Waals surface area contributed by atoms with Crippen LogP contribution in [0.3, 0.4) is 0 Å². The molecule has 72 heavy (non-hydrogen) atoms. The van der Waals surface area contributed by atoms with Gasteiger partial charge in [0.05, 0.1) is 0 Å². The molecule has 6 aromatic rings. The van der Waals surface area contributed by atoms with Crippen molar-refractivity contribution in [3.05, 3.63) is 170 Å². The van der Waals surface area contributed by atoms with Crippen LogP contribution in [0.1, 0.15) is 223 Å². The van der Waals surface area contributed by atoms with Gasteiger partial charge in [-0.15, -0.1) is 0 Å². The number of halogens is 2. The molecule has 1 aliphatic heterocycles. The van der Waals surface area contributed by atoms with E-state index in [4.69, 9.17) is 0 Å². The molecule has 1 heterocycles. The van der Waals surface area contributed by atoms with Crippen molar-refractivity contribution in [1.82, 2.24) is 0 Å². The number of hydrogen-bond acceptors (Lipinski definition) is 0. The fraction of sp³-hybridized carbons (Fsp3) is 0.412. The van der Waals surface area contributed by atoms with Gasteiger partial charge in [0.25, 0.3) is 0 Å². The van der Waals surface area contributed by atoms with Crippen molar-refractivity contribution in [2.45, 2.75) is 178 Å². The van der Waals surface area contributed by atoms with E-state index in [1.807, 2.05) is 0 Å². The maximum absolute atomic E-state index is 9.71. The van der Waals surface area contributed by atoms with Crippen LogP contribution in [-0.2, 0) is 27.2 Å². The second-order valence-electron chi connectivity index (χ2n) is 25.5. The first-order chi connectivity index (χ1) is 33.9. The van der Waals surface area contributed by atoms with Gasteiger partial charge in [0, 0.05) is 0 Å². The molecule has 2 atom stereocenters. The van der Waals surface area contributed by atoms with Crippen molar-refractivity contribution >= 4 is 52.3 Å². The van der Waals surface area contributed by atoms with Crippen LogP contribution in [0, 0.1) is 0 Å². The predicted octanol–water partition coefficient (Wildman–Crippen LogP) is 18.7. The van der Waals surface area contributed by atoms with Gasteiger partial charge >= 0.3 is 450 Å². The fourth-order valence-corrected chi connectivity index (χ4v) is 41.2. The van der Waals surface area contributed by atoms with Gasteiger partial charge < -0.3 is 0 Å². The molecule has 0 aromatic heterocycles. The van der Waals surface area contributed by atoms with Crippen molar-refractivity contribution in [2.75, 3.05) is 0 Å². The molecule has 0 fully saturated rings. The number of fused-ring (bicyclic) bond motifs is 5.